The molecule has 0 saturated carbocycles. The Kier molecular flexibility index (Phi) is 4.76. The Morgan fingerprint density at radius 3 is 2.11 bits per heavy atom. The summed E-state index contributed by atoms with van der Waals surface area (Å²) >= 11 is 0. The van der Waals surface area contributed by atoms with Gasteiger partial charge >= 0.3 is 5.97 Å². The number of nitrogens with one attached hydrogen (secondary N) is 1. The molecule has 0 aromatic heterocycles. The van der Waals surface area contributed by atoms with Gasteiger partial charge in [0.25, 0.3) is 0 Å². The van der Waals surface area contributed by atoms with E-state index in [0.717, 1.165) is 18.5 Å². The Bertz CT molecular complexity index is 402. The molecule has 0 aliphatic heterocycles. The van der Waals surface area contributed by atoms with Gasteiger partial charge in [-0.25, -0.2) is 0 Å². The fraction of sp³-hybridized carbons (Fsp3) is 0.533. The van der Waals surface area contributed by atoms with Crippen LogP contribution >= 0.6 is 0 Å². The summed E-state index contributed by atoms with van der Waals surface area (Å²) in [5.74, 6) is -0.778. The number of anilines is 1. The van der Waals surface area contributed by atoms with E-state index in [2.05, 4.69) is 37.4 Å². The number of para-hydroxylation sites is 1. The number of benzene rings is 1. The molecule has 1 aromatic rings. The first-order valence-corrected chi connectivity index (χ1v) is 6.50. The number of rotatable bonds is 6. The minimum absolute atomic E-state index is 0.105. The van der Waals surface area contributed by atoms with E-state index in [1.807, 2.05) is 13.8 Å². The van der Waals surface area contributed by atoms with Crippen molar-refractivity contribution in [2.75, 3.05) is 5.32 Å². The van der Waals surface area contributed by atoms with Crippen molar-refractivity contribution in [3.63, 3.8) is 0 Å². The second-order valence-electron chi connectivity index (χ2n) is 5.24. The van der Waals surface area contributed by atoms with Crippen LogP contribution in [0.2, 0.25) is 0 Å². The summed E-state index contributed by atoms with van der Waals surface area (Å²) in [6, 6.07) is 6.25. The van der Waals surface area contributed by atoms with Crippen LogP contribution in [-0.2, 0) is 17.6 Å². The van der Waals surface area contributed by atoms with Gasteiger partial charge in [-0.1, -0.05) is 32.0 Å². The highest BCUT2D eigenvalue weighted by Gasteiger charge is 2.23. The topological polar surface area (TPSA) is 49.3 Å². The largest absolute Gasteiger partial charge is 0.481 e. The van der Waals surface area contributed by atoms with Crippen LogP contribution in [0.4, 0.5) is 5.69 Å². The van der Waals surface area contributed by atoms with Crippen LogP contribution < -0.4 is 5.32 Å². The molecule has 1 aromatic carbocycles. The molecule has 2 N–H and O–H groups in total. The molecule has 0 bridgehead atoms. The predicted molar refractivity (Wildman–Crippen MR) is 75.2 cm³/mol. The van der Waals surface area contributed by atoms with Crippen molar-refractivity contribution in [1.82, 2.24) is 0 Å². The third kappa shape index (κ3) is 3.76. The first kappa shape index (κ1) is 14.6. The summed E-state index contributed by atoms with van der Waals surface area (Å²) in [5, 5.41) is 12.3. The van der Waals surface area contributed by atoms with Crippen molar-refractivity contribution in [2.45, 2.75) is 52.5 Å². The van der Waals surface area contributed by atoms with Crippen molar-refractivity contribution in [3.05, 3.63) is 29.3 Å². The summed E-state index contributed by atoms with van der Waals surface area (Å²) in [7, 11) is 0. The van der Waals surface area contributed by atoms with Crippen LogP contribution in [0.5, 0.6) is 0 Å². The van der Waals surface area contributed by atoms with Gasteiger partial charge in [0.15, 0.2) is 0 Å². The number of carbonyl (C=O) groups is 1. The fourth-order valence-electron chi connectivity index (χ4n) is 2.16. The Morgan fingerprint density at radius 1 is 1.22 bits per heavy atom. The van der Waals surface area contributed by atoms with Crippen molar-refractivity contribution in [3.8, 4) is 0 Å². The number of aliphatic carboxylic acids is 1. The zero-order valence-electron chi connectivity index (χ0n) is 11.7. The van der Waals surface area contributed by atoms with Crippen LogP contribution in [0.25, 0.3) is 0 Å². The monoisotopic (exact) mass is 249 g/mol. The highest BCUT2D eigenvalue weighted by Crippen LogP contribution is 2.27. The van der Waals surface area contributed by atoms with E-state index >= 15 is 0 Å². The van der Waals surface area contributed by atoms with Gasteiger partial charge in [0.2, 0.25) is 0 Å². The van der Waals surface area contributed by atoms with Gasteiger partial charge in [-0.05, 0) is 37.8 Å². The van der Waals surface area contributed by atoms with Crippen molar-refractivity contribution in [1.29, 1.82) is 0 Å². The maximum atomic E-state index is 10.9. The lowest BCUT2D eigenvalue weighted by Crippen LogP contribution is -2.34. The quantitative estimate of drug-likeness (QED) is 0.811. The first-order chi connectivity index (χ1) is 8.39. The van der Waals surface area contributed by atoms with E-state index in [1.54, 1.807) is 0 Å². The number of aryl methyl sites for hydroxylation is 2. The number of hydrogen-bond donors (Lipinski definition) is 2. The lowest BCUT2D eigenvalue weighted by atomic mass is 9.96. The standard InChI is InChI=1S/C15H23NO2/c1-5-11-8-7-9-12(6-2)14(11)16-15(3,4)10-13(17)18/h7-9,16H,5-6,10H2,1-4H3,(H,17,18). The summed E-state index contributed by atoms with van der Waals surface area (Å²) in [6.45, 7) is 8.08. The van der Waals surface area contributed by atoms with E-state index in [4.69, 9.17) is 5.11 Å². The molecule has 0 aliphatic carbocycles. The molecule has 0 amide bonds. The zero-order chi connectivity index (χ0) is 13.8. The second-order valence-corrected chi connectivity index (χ2v) is 5.24. The number of carboxylic acid groups (broad SMARTS) is 1. The first-order valence-electron chi connectivity index (χ1n) is 6.50. The fourth-order valence-corrected chi connectivity index (χ4v) is 2.16. The van der Waals surface area contributed by atoms with Crippen molar-refractivity contribution >= 4 is 11.7 Å². The third-order valence-corrected chi connectivity index (χ3v) is 3.06. The predicted octanol–water partition coefficient (Wildman–Crippen LogP) is 3.48. The van der Waals surface area contributed by atoms with Gasteiger partial charge in [-0.2, -0.15) is 0 Å². The van der Waals surface area contributed by atoms with Crippen LogP contribution in [-0.4, -0.2) is 16.6 Å². The molecule has 18 heavy (non-hydrogen) atoms. The van der Waals surface area contributed by atoms with Gasteiger partial charge in [-0.3, -0.25) is 4.79 Å². The highest BCUT2D eigenvalue weighted by atomic mass is 16.4. The Hall–Kier alpha value is -1.51. The molecule has 0 atom stereocenters. The Labute approximate surface area is 109 Å². The zero-order valence-corrected chi connectivity index (χ0v) is 11.7. The second kappa shape index (κ2) is 5.89. The van der Waals surface area contributed by atoms with E-state index in [1.165, 1.54) is 11.1 Å². The SMILES string of the molecule is CCc1cccc(CC)c1NC(C)(C)CC(=O)O. The average molecular weight is 249 g/mol. The molecular weight excluding hydrogens is 226 g/mol. The van der Waals surface area contributed by atoms with Gasteiger partial charge in [0, 0.05) is 11.2 Å². The minimum atomic E-state index is -0.778. The maximum Gasteiger partial charge on any atom is 0.305 e. The average Bonchev–Trinajstić information content (AvgIpc) is 2.27. The molecule has 0 saturated heterocycles. The number of hydrogen-bond acceptors (Lipinski definition) is 2. The summed E-state index contributed by atoms with van der Waals surface area (Å²) in [6.07, 6.45) is 1.99. The number of carboxylic acids is 1. The van der Waals surface area contributed by atoms with Crippen LogP contribution in [0, 0.1) is 0 Å². The maximum absolute atomic E-state index is 10.9. The van der Waals surface area contributed by atoms with Gasteiger partial charge in [0.05, 0.1) is 6.42 Å². The van der Waals surface area contributed by atoms with Crippen molar-refractivity contribution < 1.29 is 9.90 Å². The van der Waals surface area contributed by atoms with E-state index in [-0.39, 0.29) is 6.42 Å². The van der Waals surface area contributed by atoms with Crippen molar-refractivity contribution in [2.24, 2.45) is 0 Å². The smallest absolute Gasteiger partial charge is 0.305 e. The van der Waals surface area contributed by atoms with Gasteiger partial charge in [-0.15, -0.1) is 0 Å². The molecular formula is C15H23NO2. The molecule has 0 radical (unpaired) electrons. The molecule has 0 aliphatic rings. The van der Waals surface area contributed by atoms with E-state index in [0.29, 0.717) is 0 Å². The van der Waals surface area contributed by atoms with E-state index in [9.17, 15) is 4.79 Å². The summed E-state index contributed by atoms with van der Waals surface area (Å²) in [4.78, 5) is 10.9. The Morgan fingerprint density at radius 2 is 1.72 bits per heavy atom. The Balaban J connectivity index is 3.05. The molecule has 1 rings (SSSR count). The third-order valence-electron chi connectivity index (χ3n) is 3.06. The van der Waals surface area contributed by atoms with Crippen LogP contribution in [0.15, 0.2) is 18.2 Å². The lowest BCUT2D eigenvalue weighted by molar-refractivity contribution is -0.137. The highest BCUT2D eigenvalue weighted by molar-refractivity contribution is 5.70. The molecule has 0 unspecified atom stereocenters. The lowest BCUT2D eigenvalue weighted by Gasteiger charge is -2.28. The van der Waals surface area contributed by atoms with Crippen LogP contribution in [0.1, 0.15) is 45.2 Å². The van der Waals surface area contributed by atoms with E-state index < -0.39 is 11.5 Å². The molecule has 3 nitrogen and oxygen atoms in total. The van der Waals surface area contributed by atoms with Crippen LogP contribution in [0.3, 0.4) is 0 Å². The normalized spacial score (nSPS) is 11.3. The summed E-state index contributed by atoms with van der Waals surface area (Å²) in [5.41, 5.74) is 3.15. The van der Waals surface area contributed by atoms with Gasteiger partial charge < -0.3 is 10.4 Å². The molecule has 0 fully saturated rings. The molecule has 3 heteroatoms. The molecule has 100 valence electrons. The summed E-state index contributed by atoms with van der Waals surface area (Å²) < 4.78 is 0. The minimum Gasteiger partial charge on any atom is -0.481 e. The van der Waals surface area contributed by atoms with Gasteiger partial charge in [0.1, 0.15) is 0 Å². The molecule has 0 heterocycles. The molecule has 0 spiro atoms.